The lowest BCUT2D eigenvalue weighted by atomic mass is 9.90. The van der Waals surface area contributed by atoms with Crippen LogP contribution in [0.4, 0.5) is 0 Å². The number of rotatable bonds is 5. The van der Waals surface area contributed by atoms with Gasteiger partial charge in [0.05, 0.1) is 6.61 Å². The second-order valence-electron chi connectivity index (χ2n) is 5.77. The topological polar surface area (TPSA) is 55.6 Å². The number of piperidine rings is 1. The number of nitrogens with zero attached hydrogens (tertiary/aromatic N) is 1. The van der Waals surface area contributed by atoms with Crippen molar-refractivity contribution in [2.24, 2.45) is 11.7 Å². The molecule has 22 heavy (non-hydrogen) atoms. The Morgan fingerprint density at radius 1 is 1.41 bits per heavy atom. The van der Waals surface area contributed by atoms with Crippen molar-refractivity contribution < 1.29 is 9.53 Å². The maximum atomic E-state index is 12.1. The first-order chi connectivity index (χ1) is 10.5. The highest BCUT2D eigenvalue weighted by Gasteiger charge is 2.26. The van der Waals surface area contributed by atoms with Crippen LogP contribution in [0.5, 0.6) is 0 Å². The normalized spacial score (nSPS) is 17.5. The number of hydrogen-bond donors (Lipinski definition) is 1. The van der Waals surface area contributed by atoms with E-state index in [1.165, 1.54) is 0 Å². The quantitative estimate of drug-likeness (QED) is 0.893. The number of hydrogen-bond acceptors (Lipinski definition) is 3. The zero-order chi connectivity index (χ0) is 16.1. The van der Waals surface area contributed by atoms with Crippen LogP contribution in [0.1, 0.15) is 18.4 Å². The minimum absolute atomic E-state index is 0.0268. The van der Waals surface area contributed by atoms with Crippen LogP contribution in [0, 0.1) is 5.92 Å². The highest BCUT2D eigenvalue weighted by Crippen LogP contribution is 2.27. The van der Waals surface area contributed by atoms with E-state index in [-0.39, 0.29) is 12.5 Å². The number of amides is 1. The summed E-state index contributed by atoms with van der Waals surface area (Å²) in [6.45, 7) is 1.73. The molecule has 0 bridgehead atoms. The number of carbonyl (C=O) groups is 1. The van der Waals surface area contributed by atoms with Crippen molar-refractivity contribution in [1.82, 2.24) is 4.90 Å². The van der Waals surface area contributed by atoms with Gasteiger partial charge >= 0.3 is 0 Å². The van der Waals surface area contributed by atoms with Crippen LogP contribution in [0.3, 0.4) is 0 Å². The number of benzene rings is 1. The summed E-state index contributed by atoms with van der Waals surface area (Å²) in [7, 11) is 1.55. The van der Waals surface area contributed by atoms with E-state index in [4.69, 9.17) is 33.7 Å². The van der Waals surface area contributed by atoms with Gasteiger partial charge in [0.25, 0.3) is 0 Å². The Kier molecular flexibility index (Phi) is 6.50. The van der Waals surface area contributed by atoms with E-state index in [9.17, 15) is 4.79 Å². The molecule has 0 aliphatic carbocycles. The lowest BCUT2D eigenvalue weighted by molar-refractivity contribution is -0.135. The second kappa shape index (κ2) is 8.16. The van der Waals surface area contributed by atoms with Crippen molar-refractivity contribution in [2.45, 2.75) is 25.3 Å². The molecule has 1 aliphatic rings. The third-order valence-electron chi connectivity index (χ3n) is 4.11. The third-order valence-corrected chi connectivity index (χ3v) is 4.71. The standard InChI is InChI=1S/C16H22Cl2N2O2/c1-22-10-15(19)16(21)20-6-4-11(5-7-20)8-12-9-13(17)2-3-14(12)18/h2-3,9,11,15H,4-8,10,19H2,1H3. The van der Waals surface area contributed by atoms with Crippen molar-refractivity contribution in [3.8, 4) is 0 Å². The zero-order valence-electron chi connectivity index (χ0n) is 12.7. The summed E-state index contributed by atoms with van der Waals surface area (Å²) in [5, 5.41) is 1.46. The summed E-state index contributed by atoms with van der Waals surface area (Å²) in [5.41, 5.74) is 6.88. The lowest BCUT2D eigenvalue weighted by Crippen LogP contribution is -2.49. The summed E-state index contributed by atoms with van der Waals surface area (Å²) in [5.74, 6) is 0.486. The van der Waals surface area contributed by atoms with E-state index < -0.39 is 6.04 Å². The summed E-state index contributed by atoms with van der Waals surface area (Å²) < 4.78 is 4.94. The van der Waals surface area contributed by atoms with E-state index >= 15 is 0 Å². The molecule has 4 nitrogen and oxygen atoms in total. The van der Waals surface area contributed by atoms with Gasteiger partial charge in [-0.25, -0.2) is 0 Å². The largest absolute Gasteiger partial charge is 0.383 e. The molecule has 6 heteroatoms. The summed E-state index contributed by atoms with van der Waals surface area (Å²) in [6.07, 6.45) is 2.80. The number of halogens is 2. The molecule has 0 spiro atoms. The fraction of sp³-hybridized carbons (Fsp3) is 0.562. The van der Waals surface area contributed by atoms with Crippen molar-refractivity contribution in [2.75, 3.05) is 26.8 Å². The van der Waals surface area contributed by atoms with Gasteiger partial charge in [-0.05, 0) is 48.9 Å². The fourth-order valence-electron chi connectivity index (χ4n) is 2.85. The number of carbonyl (C=O) groups excluding carboxylic acids is 1. The van der Waals surface area contributed by atoms with Gasteiger partial charge in [-0.2, -0.15) is 0 Å². The average molecular weight is 345 g/mol. The Morgan fingerprint density at radius 2 is 2.09 bits per heavy atom. The molecule has 0 aromatic heterocycles. The third kappa shape index (κ3) is 4.59. The highest BCUT2D eigenvalue weighted by molar-refractivity contribution is 6.33. The molecule has 1 aromatic carbocycles. The number of nitrogens with two attached hydrogens (primary N) is 1. The first kappa shape index (κ1) is 17.5. The van der Waals surface area contributed by atoms with Gasteiger partial charge in [0, 0.05) is 30.2 Å². The van der Waals surface area contributed by atoms with Gasteiger partial charge in [0.1, 0.15) is 6.04 Å². The van der Waals surface area contributed by atoms with E-state index in [2.05, 4.69) is 0 Å². The van der Waals surface area contributed by atoms with Crippen LogP contribution in [-0.4, -0.2) is 43.7 Å². The van der Waals surface area contributed by atoms with Crippen LogP contribution in [0.15, 0.2) is 18.2 Å². The smallest absolute Gasteiger partial charge is 0.241 e. The van der Waals surface area contributed by atoms with Crippen molar-refractivity contribution >= 4 is 29.1 Å². The Balaban J connectivity index is 1.87. The zero-order valence-corrected chi connectivity index (χ0v) is 14.2. The molecule has 1 aliphatic heterocycles. The number of likely N-dealkylation sites (tertiary alicyclic amines) is 1. The predicted molar refractivity (Wildman–Crippen MR) is 89.3 cm³/mol. The Labute approximate surface area is 141 Å². The van der Waals surface area contributed by atoms with Crippen LogP contribution in [0.25, 0.3) is 0 Å². The summed E-state index contributed by atoms with van der Waals surface area (Å²) >= 11 is 12.2. The van der Waals surface area contributed by atoms with Crippen molar-refractivity contribution in [1.29, 1.82) is 0 Å². The second-order valence-corrected chi connectivity index (χ2v) is 6.61. The molecule has 0 radical (unpaired) electrons. The number of ether oxygens (including phenoxy) is 1. The van der Waals surface area contributed by atoms with Crippen LogP contribution < -0.4 is 5.73 Å². The van der Waals surface area contributed by atoms with Crippen molar-refractivity contribution in [3.05, 3.63) is 33.8 Å². The fourth-order valence-corrected chi connectivity index (χ4v) is 3.24. The Morgan fingerprint density at radius 3 is 2.73 bits per heavy atom. The van der Waals surface area contributed by atoms with Crippen LogP contribution in [-0.2, 0) is 16.0 Å². The molecular weight excluding hydrogens is 323 g/mol. The molecule has 1 amide bonds. The maximum absolute atomic E-state index is 12.1. The van der Waals surface area contributed by atoms with Gasteiger partial charge < -0.3 is 15.4 Å². The van der Waals surface area contributed by atoms with E-state index in [0.29, 0.717) is 10.9 Å². The van der Waals surface area contributed by atoms with Crippen LogP contribution >= 0.6 is 23.2 Å². The predicted octanol–water partition coefficient (Wildman–Crippen LogP) is 2.75. The minimum atomic E-state index is -0.566. The molecule has 0 saturated carbocycles. The van der Waals surface area contributed by atoms with Crippen molar-refractivity contribution in [3.63, 3.8) is 0 Å². The summed E-state index contributed by atoms with van der Waals surface area (Å²) in [6, 6.07) is 4.99. The minimum Gasteiger partial charge on any atom is -0.383 e. The maximum Gasteiger partial charge on any atom is 0.241 e. The lowest BCUT2D eigenvalue weighted by Gasteiger charge is -2.33. The molecule has 2 rings (SSSR count). The van der Waals surface area contributed by atoms with E-state index in [1.54, 1.807) is 13.2 Å². The van der Waals surface area contributed by atoms with E-state index in [1.807, 2.05) is 17.0 Å². The van der Waals surface area contributed by atoms with Gasteiger partial charge in [0.2, 0.25) is 5.91 Å². The molecule has 2 N–H and O–H groups in total. The average Bonchev–Trinajstić information content (AvgIpc) is 2.51. The molecule has 1 unspecified atom stereocenters. The first-order valence-electron chi connectivity index (χ1n) is 7.48. The molecule has 1 saturated heterocycles. The van der Waals surface area contributed by atoms with Crippen LogP contribution in [0.2, 0.25) is 10.0 Å². The van der Waals surface area contributed by atoms with Gasteiger partial charge in [-0.1, -0.05) is 23.2 Å². The molecule has 122 valence electrons. The molecule has 1 fully saturated rings. The van der Waals surface area contributed by atoms with Gasteiger partial charge in [-0.3, -0.25) is 4.79 Å². The molecular formula is C16H22Cl2N2O2. The van der Waals surface area contributed by atoms with E-state index in [0.717, 1.165) is 42.9 Å². The SMILES string of the molecule is COCC(N)C(=O)N1CCC(Cc2cc(Cl)ccc2Cl)CC1. The first-order valence-corrected chi connectivity index (χ1v) is 8.24. The molecule has 1 atom stereocenters. The van der Waals surface area contributed by atoms with Gasteiger partial charge in [0.15, 0.2) is 0 Å². The van der Waals surface area contributed by atoms with Gasteiger partial charge in [-0.15, -0.1) is 0 Å². The Bertz CT molecular complexity index is 517. The number of methoxy groups -OCH3 is 1. The summed E-state index contributed by atoms with van der Waals surface area (Å²) in [4.78, 5) is 14.0. The molecule has 1 heterocycles. The molecule has 1 aromatic rings. The Hall–Kier alpha value is -0.810. The highest BCUT2D eigenvalue weighted by atomic mass is 35.5. The monoisotopic (exact) mass is 344 g/mol.